The monoisotopic (exact) mass is 286 g/mol. The van der Waals surface area contributed by atoms with E-state index in [4.69, 9.17) is 11.6 Å². The molecule has 0 aliphatic rings. The summed E-state index contributed by atoms with van der Waals surface area (Å²) in [6.45, 7) is 2.23. The average molecular weight is 287 g/mol. The molecule has 102 valence electrons. The lowest BCUT2D eigenvalue weighted by molar-refractivity contribution is -0.118. The van der Waals surface area contributed by atoms with Gasteiger partial charge in [-0.25, -0.2) is 0 Å². The van der Waals surface area contributed by atoms with Crippen molar-refractivity contribution < 1.29 is 4.79 Å². The van der Waals surface area contributed by atoms with Crippen molar-refractivity contribution in [3.63, 3.8) is 0 Å². The number of carbonyl (C=O) groups is 1. The number of rotatable bonds is 10. The first kappa shape index (κ1) is 15.7. The first-order valence-corrected chi connectivity index (χ1v) is 8.17. The normalized spacial score (nSPS) is 10.8. The standard InChI is InChI=1S/C15H23ClOS/c1-2-3-4-5-6-7-8-9-13(17)12-14-10-11-15(16)18-14/h10-11H,2-9,12H2,1H3. The number of Topliss-reactive ketones (excluding diaryl/α,β-unsaturated/α-hetero) is 1. The highest BCUT2D eigenvalue weighted by molar-refractivity contribution is 7.16. The van der Waals surface area contributed by atoms with Crippen LogP contribution < -0.4 is 0 Å². The van der Waals surface area contributed by atoms with E-state index in [1.54, 1.807) is 0 Å². The number of unbranched alkanes of at least 4 members (excludes halogenated alkanes) is 6. The second kappa shape index (κ2) is 9.57. The molecule has 1 nitrogen and oxygen atoms in total. The third-order valence-electron chi connectivity index (χ3n) is 3.06. The maximum atomic E-state index is 11.7. The van der Waals surface area contributed by atoms with Gasteiger partial charge in [-0.15, -0.1) is 11.3 Å². The van der Waals surface area contributed by atoms with Crippen molar-refractivity contribution in [1.29, 1.82) is 0 Å². The second-order valence-electron chi connectivity index (χ2n) is 4.79. The van der Waals surface area contributed by atoms with Gasteiger partial charge in [0.15, 0.2) is 0 Å². The molecule has 1 heterocycles. The molecule has 18 heavy (non-hydrogen) atoms. The molecule has 0 unspecified atom stereocenters. The zero-order valence-electron chi connectivity index (χ0n) is 11.2. The summed E-state index contributed by atoms with van der Waals surface area (Å²) in [5, 5.41) is 0. The molecule has 1 aromatic heterocycles. The molecular formula is C15H23ClOS. The Labute approximate surface area is 120 Å². The van der Waals surface area contributed by atoms with Gasteiger partial charge in [-0.05, 0) is 18.6 Å². The predicted octanol–water partition coefficient (Wildman–Crippen LogP) is 5.65. The quantitative estimate of drug-likeness (QED) is 0.508. The minimum absolute atomic E-state index is 0.349. The van der Waals surface area contributed by atoms with Crippen molar-refractivity contribution in [3.05, 3.63) is 21.3 Å². The number of thiophene rings is 1. The fraction of sp³-hybridized carbons (Fsp3) is 0.667. The van der Waals surface area contributed by atoms with Gasteiger partial charge in [-0.1, -0.05) is 57.0 Å². The minimum atomic E-state index is 0.349. The van der Waals surface area contributed by atoms with E-state index in [0.717, 1.165) is 22.1 Å². The van der Waals surface area contributed by atoms with Crippen molar-refractivity contribution >= 4 is 28.7 Å². The maximum absolute atomic E-state index is 11.7. The fourth-order valence-electron chi connectivity index (χ4n) is 2.01. The molecular weight excluding hydrogens is 264 g/mol. The molecule has 0 atom stereocenters. The van der Waals surface area contributed by atoms with Crippen molar-refractivity contribution in [1.82, 2.24) is 0 Å². The van der Waals surface area contributed by atoms with Crippen LogP contribution in [-0.4, -0.2) is 5.78 Å². The van der Waals surface area contributed by atoms with Crippen LogP contribution in [0.15, 0.2) is 12.1 Å². The highest BCUT2D eigenvalue weighted by Crippen LogP contribution is 2.22. The molecule has 0 aliphatic carbocycles. The summed E-state index contributed by atoms with van der Waals surface area (Å²) in [5.74, 6) is 0.349. The summed E-state index contributed by atoms with van der Waals surface area (Å²) in [6.07, 6.45) is 10.1. The predicted molar refractivity (Wildman–Crippen MR) is 80.7 cm³/mol. The zero-order valence-corrected chi connectivity index (χ0v) is 12.8. The van der Waals surface area contributed by atoms with Crippen LogP contribution in [0, 0.1) is 0 Å². The molecule has 0 amide bonds. The van der Waals surface area contributed by atoms with Crippen LogP contribution >= 0.6 is 22.9 Å². The highest BCUT2D eigenvalue weighted by Gasteiger charge is 2.05. The van der Waals surface area contributed by atoms with E-state index in [2.05, 4.69) is 6.92 Å². The Morgan fingerprint density at radius 2 is 1.78 bits per heavy atom. The molecule has 1 rings (SSSR count). The van der Waals surface area contributed by atoms with Gasteiger partial charge in [-0.3, -0.25) is 4.79 Å². The summed E-state index contributed by atoms with van der Waals surface area (Å²) < 4.78 is 0.772. The lowest BCUT2D eigenvalue weighted by Gasteiger charge is -2.01. The van der Waals surface area contributed by atoms with E-state index in [-0.39, 0.29) is 0 Å². The molecule has 0 aliphatic heterocycles. The fourth-order valence-corrected chi connectivity index (χ4v) is 3.12. The summed E-state index contributed by atoms with van der Waals surface area (Å²) in [4.78, 5) is 12.8. The van der Waals surface area contributed by atoms with E-state index in [1.165, 1.54) is 49.9 Å². The lowest BCUT2D eigenvalue weighted by Crippen LogP contribution is -2.00. The third kappa shape index (κ3) is 7.17. The summed E-state index contributed by atoms with van der Waals surface area (Å²) in [6, 6.07) is 3.82. The van der Waals surface area contributed by atoms with Crippen molar-refractivity contribution in [3.8, 4) is 0 Å². The Bertz CT molecular complexity index is 346. The molecule has 0 saturated carbocycles. The number of hydrogen-bond acceptors (Lipinski definition) is 2. The lowest BCUT2D eigenvalue weighted by atomic mass is 10.1. The van der Waals surface area contributed by atoms with Gasteiger partial charge in [0.1, 0.15) is 5.78 Å². The van der Waals surface area contributed by atoms with E-state index in [9.17, 15) is 4.79 Å². The molecule has 0 spiro atoms. The number of hydrogen-bond donors (Lipinski definition) is 0. The maximum Gasteiger partial charge on any atom is 0.138 e. The summed E-state index contributed by atoms with van der Waals surface area (Å²) in [5.41, 5.74) is 0. The summed E-state index contributed by atoms with van der Waals surface area (Å²) in [7, 11) is 0. The minimum Gasteiger partial charge on any atom is -0.299 e. The Balaban J connectivity index is 2.00. The van der Waals surface area contributed by atoms with Crippen LogP contribution in [0.5, 0.6) is 0 Å². The van der Waals surface area contributed by atoms with Crippen LogP contribution in [0.3, 0.4) is 0 Å². The Morgan fingerprint density at radius 3 is 2.39 bits per heavy atom. The van der Waals surface area contributed by atoms with Gasteiger partial charge in [-0.2, -0.15) is 0 Å². The van der Waals surface area contributed by atoms with E-state index in [1.807, 2.05) is 12.1 Å². The topological polar surface area (TPSA) is 17.1 Å². The van der Waals surface area contributed by atoms with Crippen molar-refractivity contribution in [2.24, 2.45) is 0 Å². The van der Waals surface area contributed by atoms with Crippen molar-refractivity contribution in [2.75, 3.05) is 0 Å². The third-order valence-corrected chi connectivity index (χ3v) is 4.29. The molecule has 0 radical (unpaired) electrons. The van der Waals surface area contributed by atoms with Crippen LogP contribution in [0.2, 0.25) is 4.34 Å². The summed E-state index contributed by atoms with van der Waals surface area (Å²) >= 11 is 7.35. The van der Waals surface area contributed by atoms with Crippen LogP contribution in [0.4, 0.5) is 0 Å². The molecule has 1 aromatic rings. The van der Waals surface area contributed by atoms with Gasteiger partial charge < -0.3 is 0 Å². The SMILES string of the molecule is CCCCCCCCCC(=O)Cc1ccc(Cl)s1. The van der Waals surface area contributed by atoms with E-state index >= 15 is 0 Å². The molecule has 0 bridgehead atoms. The van der Waals surface area contributed by atoms with Gasteiger partial charge in [0.25, 0.3) is 0 Å². The smallest absolute Gasteiger partial charge is 0.138 e. The largest absolute Gasteiger partial charge is 0.299 e. The van der Waals surface area contributed by atoms with Crippen LogP contribution in [0.1, 0.15) is 63.2 Å². The Morgan fingerprint density at radius 1 is 1.11 bits per heavy atom. The van der Waals surface area contributed by atoms with E-state index < -0.39 is 0 Å². The highest BCUT2D eigenvalue weighted by atomic mass is 35.5. The number of halogens is 1. The second-order valence-corrected chi connectivity index (χ2v) is 6.59. The Kier molecular flexibility index (Phi) is 8.36. The molecule has 0 saturated heterocycles. The zero-order chi connectivity index (χ0) is 13.2. The number of carbonyl (C=O) groups excluding carboxylic acids is 1. The van der Waals surface area contributed by atoms with Gasteiger partial charge in [0.05, 0.1) is 4.34 Å². The van der Waals surface area contributed by atoms with Crippen LogP contribution in [-0.2, 0) is 11.2 Å². The molecule has 0 aromatic carbocycles. The first-order chi connectivity index (χ1) is 8.72. The van der Waals surface area contributed by atoms with Gasteiger partial charge >= 0.3 is 0 Å². The Hall–Kier alpha value is -0.340. The van der Waals surface area contributed by atoms with Crippen molar-refractivity contribution in [2.45, 2.75) is 64.7 Å². The van der Waals surface area contributed by atoms with Gasteiger partial charge in [0, 0.05) is 17.7 Å². The van der Waals surface area contributed by atoms with E-state index in [0.29, 0.717) is 12.2 Å². The van der Waals surface area contributed by atoms with Gasteiger partial charge in [0.2, 0.25) is 0 Å². The number of ketones is 1. The molecule has 0 N–H and O–H groups in total. The molecule has 0 fully saturated rings. The average Bonchev–Trinajstić information content (AvgIpc) is 2.73. The molecule has 3 heteroatoms. The first-order valence-electron chi connectivity index (χ1n) is 6.98. The van der Waals surface area contributed by atoms with Crippen LogP contribution in [0.25, 0.3) is 0 Å².